The molecule has 1 heterocycles. The van der Waals surface area contributed by atoms with E-state index >= 15 is 0 Å². The number of nitro benzene ring substituents is 1. The highest BCUT2D eigenvalue weighted by Crippen LogP contribution is 2.20. The Morgan fingerprint density at radius 1 is 1.43 bits per heavy atom. The summed E-state index contributed by atoms with van der Waals surface area (Å²) in [5, 5.41) is 12.5. The molecule has 1 N–H and O–H groups in total. The van der Waals surface area contributed by atoms with Gasteiger partial charge in [-0.25, -0.2) is 18.1 Å². The van der Waals surface area contributed by atoms with Gasteiger partial charge in [-0.1, -0.05) is 0 Å². The Bertz CT molecular complexity index is 742. The molecule has 1 aromatic carbocycles. The Morgan fingerprint density at radius 3 is 2.76 bits per heavy atom. The van der Waals surface area contributed by atoms with Crippen molar-refractivity contribution in [2.24, 2.45) is 0 Å². The molecule has 2 rings (SSSR count). The molecule has 9 heteroatoms. The van der Waals surface area contributed by atoms with Crippen LogP contribution in [0.15, 0.2) is 34.0 Å². The Morgan fingerprint density at radius 2 is 2.19 bits per heavy atom. The minimum Gasteiger partial charge on any atom is -0.258 e. The Labute approximate surface area is 125 Å². The average molecular weight is 327 g/mol. The quantitative estimate of drug-likeness (QED) is 0.644. The first kappa shape index (κ1) is 15.5. The number of rotatable bonds is 6. The molecule has 112 valence electrons. The van der Waals surface area contributed by atoms with Gasteiger partial charge >= 0.3 is 0 Å². The fourth-order valence-electron chi connectivity index (χ4n) is 1.80. The molecule has 7 nitrogen and oxygen atoms in total. The van der Waals surface area contributed by atoms with Gasteiger partial charge in [0, 0.05) is 30.5 Å². The van der Waals surface area contributed by atoms with Gasteiger partial charge in [0.15, 0.2) is 0 Å². The van der Waals surface area contributed by atoms with Crippen molar-refractivity contribution >= 4 is 27.0 Å². The zero-order valence-corrected chi connectivity index (χ0v) is 12.8. The lowest BCUT2D eigenvalue weighted by atomic mass is 10.2. The third-order valence-electron chi connectivity index (χ3n) is 2.82. The summed E-state index contributed by atoms with van der Waals surface area (Å²) < 4.78 is 26.8. The number of hydrogen-bond donors (Lipinski definition) is 1. The van der Waals surface area contributed by atoms with Crippen LogP contribution in [0.1, 0.15) is 11.3 Å². The molecule has 0 fully saturated rings. The maximum atomic E-state index is 12.2. The van der Waals surface area contributed by atoms with Gasteiger partial charge in [-0.15, -0.1) is 11.3 Å². The largest absolute Gasteiger partial charge is 0.269 e. The number of aryl methyl sites for hydroxylation is 1. The second kappa shape index (κ2) is 6.29. The number of benzene rings is 1. The van der Waals surface area contributed by atoms with Gasteiger partial charge in [0.2, 0.25) is 10.0 Å². The predicted octanol–water partition coefficient (Wildman–Crippen LogP) is 1.88. The predicted molar refractivity (Wildman–Crippen MR) is 78.8 cm³/mol. The number of non-ortho nitro benzene ring substituents is 1. The van der Waals surface area contributed by atoms with Crippen LogP contribution in [0.25, 0.3) is 0 Å². The SMILES string of the molecule is Cc1cc([N+](=O)[O-])ccc1S(=O)(=O)NCCc1cscn1. The van der Waals surface area contributed by atoms with Crippen LogP contribution in [0.5, 0.6) is 0 Å². The van der Waals surface area contributed by atoms with Crippen LogP contribution in [0.2, 0.25) is 0 Å². The minimum absolute atomic E-state index is 0.0476. The zero-order chi connectivity index (χ0) is 15.5. The van der Waals surface area contributed by atoms with Crippen molar-refractivity contribution < 1.29 is 13.3 Å². The third-order valence-corrected chi connectivity index (χ3v) is 5.07. The zero-order valence-electron chi connectivity index (χ0n) is 11.1. The lowest BCUT2D eigenvalue weighted by molar-refractivity contribution is -0.385. The number of hydrogen-bond acceptors (Lipinski definition) is 6. The number of sulfonamides is 1. The van der Waals surface area contributed by atoms with E-state index in [1.54, 1.807) is 5.51 Å². The fourth-order valence-corrected chi connectivity index (χ4v) is 3.65. The van der Waals surface area contributed by atoms with Gasteiger partial charge in [-0.3, -0.25) is 10.1 Å². The van der Waals surface area contributed by atoms with E-state index in [9.17, 15) is 18.5 Å². The van der Waals surface area contributed by atoms with Crippen molar-refractivity contribution in [3.05, 3.63) is 50.5 Å². The molecular formula is C12H13N3O4S2. The highest BCUT2D eigenvalue weighted by Gasteiger charge is 2.18. The Balaban J connectivity index is 2.10. The van der Waals surface area contributed by atoms with Crippen molar-refractivity contribution in [2.75, 3.05) is 6.54 Å². The molecule has 0 radical (unpaired) electrons. The molecule has 1 aromatic heterocycles. The monoisotopic (exact) mass is 327 g/mol. The lowest BCUT2D eigenvalue weighted by Gasteiger charge is -2.08. The van der Waals surface area contributed by atoms with Gasteiger partial charge in [0.25, 0.3) is 5.69 Å². The van der Waals surface area contributed by atoms with E-state index in [1.165, 1.54) is 36.5 Å². The fraction of sp³-hybridized carbons (Fsp3) is 0.250. The van der Waals surface area contributed by atoms with Crippen molar-refractivity contribution in [3.8, 4) is 0 Å². The number of aromatic nitrogens is 1. The summed E-state index contributed by atoms with van der Waals surface area (Å²) in [6.07, 6.45) is 0.495. The normalized spacial score (nSPS) is 11.5. The minimum atomic E-state index is -3.68. The Kier molecular flexibility index (Phi) is 4.66. The summed E-state index contributed by atoms with van der Waals surface area (Å²) in [6, 6.07) is 3.68. The summed E-state index contributed by atoms with van der Waals surface area (Å²) in [7, 11) is -3.68. The number of nitrogens with one attached hydrogen (secondary N) is 1. The first-order valence-corrected chi connectivity index (χ1v) is 8.44. The van der Waals surface area contributed by atoms with Crippen LogP contribution in [0, 0.1) is 17.0 Å². The van der Waals surface area contributed by atoms with E-state index in [0.717, 1.165) is 5.69 Å². The summed E-state index contributed by atoms with van der Waals surface area (Å²) >= 11 is 1.45. The van der Waals surface area contributed by atoms with Crippen molar-refractivity contribution in [2.45, 2.75) is 18.2 Å². The standard InChI is InChI=1S/C12H13N3O4S2/c1-9-6-11(15(16)17)2-3-12(9)21(18,19)14-5-4-10-7-20-8-13-10/h2-3,6-8,14H,4-5H2,1H3. The van der Waals surface area contributed by atoms with E-state index in [2.05, 4.69) is 9.71 Å². The van der Waals surface area contributed by atoms with E-state index in [1.807, 2.05) is 5.38 Å². The molecule has 0 amide bonds. The number of thiazole rings is 1. The van der Waals surface area contributed by atoms with Crippen molar-refractivity contribution in [3.63, 3.8) is 0 Å². The van der Waals surface area contributed by atoms with Crippen LogP contribution in [0.4, 0.5) is 5.69 Å². The maximum Gasteiger partial charge on any atom is 0.269 e. The van der Waals surface area contributed by atoms with Gasteiger partial charge < -0.3 is 0 Å². The lowest BCUT2D eigenvalue weighted by Crippen LogP contribution is -2.26. The molecule has 0 unspecified atom stereocenters. The van der Waals surface area contributed by atoms with Crippen LogP contribution in [-0.2, 0) is 16.4 Å². The summed E-state index contributed by atoms with van der Waals surface area (Å²) in [4.78, 5) is 14.2. The number of nitrogens with zero attached hydrogens (tertiary/aromatic N) is 2. The Hall–Kier alpha value is -1.84. The molecule has 2 aromatic rings. The van der Waals surface area contributed by atoms with Crippen molar-refractivity contribution in [1.82, 2.24) is 9.71 Å². The van der Waals surface area contributed by atoms with Crippen LogP contribution in [-0.4, -0.2) is 24.9 Å². The summed E-state index contributed by atoms with van der Waals surface area (Å²) in [5.41, 5.74) is 2.71. The first-order chi connectivity index (χ1) is 9.90. The van der Waals surface area contributed by atoms with Crippen molar-refractivity contribution in [1.29, 1.82) is 0 Å². The molecular weight excluding hydrogens is 314 g/mol. The van der Waals surface area contributed by atoms with E-state index in [-0.39, 0.29) is 17.1 Å². The smallest absolute Gasteiger partial charge is 0.258 e. The number of nitro groups is 1. The van der Waals surface area contributed by atoms with E-state index in [0.29, 0.717) is 12.0 Å². The third kappa shape index (κ3) is 3.84. The summed E-state index contributed by atoms with van der Waals surface area (Å²) in [5.74, 6) is 0. The maximum absolute atomic E-state index is 12.2. The topological polar surface area (TPSA) is 102 Å². The highest BCUT2D eigenvalue weighted by molar-refractivity contribution is 7.89. The second-order valence-electron chi connectivity index (χ2n) is 4.33. The molecule has 0 atom stereocenters. The first-order valence-electron chi connectivity index (χ1n) is 6.02. The molecule has 0 bridgehead atoms. The van der Waals surface area contributed by atoms with Crippen LogP contribution in [0.3, 0.4) is 0 Å². The molecule has 0 spiro atoms. The molecule has 0 saturated heterocycles. The highest BCUT2D eigenvalue weighted by atomic mass is 32.2. The van der Waals surface area contributed by atoms with Gasteiger partial charge in [-0.2, -0.15) is 0 Å². The second-order valence-corrected chi connectivity index (χ2v) is 6.79. The van der Waals surface area contributed by atoms with E-state index < -0.39 is 14.9 Å². The van der Waals surface area contributed by atoms with E-state index in [4.69, 9.17) is 0 Å². The molecule has 0 aliphatic rings. The van der Waals surface area contributed by atoms with Crippen LogP contribution >= 0.6 is 11.3 Å². The summed E-state index contributed by atoms with van der Waals surface area (Å²) in [6.45, 7) is 1.75. The molecule has 0 aliphatic carbocycles. The van der Waals surface area contributed by atoms with Gasteiger partial charge in [-0.05, 0) is 18.6 Å². The molecule has 21 heavy (non-hydrogen) atoms. The van der Waals surface area contributed by atoms with Gasteiger partial charge in [0.1, 0.15) is 0 Å². The van der Waals surface area contributed by atoms with Gasteiger partial charge in [0.05, 0.1) is 21.0 Å². The average Bonchev–Trinajstić information content (AvgIpc) is 2.91. The molecule has 0 saturated carbocycles. The van der Waals surface area contributed by atoms with Crippen LogP contribution < -0.4 is 4.72 Å². The molecule has 0 aliphatic heterocycles.